The van der Waals surface area contributed by atoms with E-state index in [0.717, 1.165) is 10.5 Å². The molecule has 5 heteroatoms. The topological polar surface area (TPSA) is 63.1 Å². The summed E-state index contributed by atoms with van der Waals surface area (Å²) in [6.45, 7) is 2.03. The Morgan fingerprint density at radius 3 is 2.50 bits per heavy atom. The molecule has 0 amide bonds. The van der Waals surface area contributed by atoms with Crippen LogP contribution in [0.15, 0.2) is 35.5 Å². The summed E-state index contributed by atoms with van der Waals surface area (Å²) in [5, 5.41) is 8.80. The smallest absolute Gasteiger partial charge is 0.338 e. The van der Waals surface area contributed by atoms with E-state index in [4.69, 9.17) is 5.11 Å². The average Bonchev–Trinajstić information content (AvgIpc) is 2.38. The van der Waals surface area contributed by atoms with E-state index in [2.05, 4.69) is 16.0 Å². The number of carboxylic acids is 1. The highest BCUT2D eigenvalue weighted by Crippen LogP contribution is 2.28. The van der Waals surface area contributed by atoms with E-state index in [9.17, 15) is 4.79 Å². The Morgan fingerprint density at radius 1 is 1.28 bits per heavy atom. The van der Waals surface area contributed by atoms with Gasteiger partial charge in [0.25, 0.3) is 0 Å². The van der Waals surface area contributed by atoms with Gasteiger partial charge in [-0.2, -0.15) is 0 Å². The molecule has 1 aromatic carbocycles. The summed E-state index contributed by atoms with van der Waals surface area (Å²) < 4.78 is 0. The van der Waals surface area contributed by atoms with Crippen LogP contribution in [0, 0.1) is 6.92 Å². The molecule has 0 spiro atoms. The number of hydrogen-bond acceptors (Lipinski definition) is 4. The van der Waals surface area contributed by atoms with Crippen LogP contribution in [0.5, 0.6) is 0 Å². The maximum absolute atomic E-state index is 10.7. The van der Waals surface area contributed by atoms with Crippen LogP contribution in [0.2, 0.25) is 0 Å². The van der Waals surface area contributed by atoms with Crippen molar-refractivity contribution in [3.05, 3.63) is 41.7 Å². The maximum atomic E-state index is 10.7. The van der Waals surface area contributed by atoms with Crippen LogP contribution in [0.1, 0.15) is 15.9 Å². The van der Waals surface area contributed by atoms with Crippen LogP contribution >= 0.6 is 11.8 Å². The Morgan fingerprint density at radius 2 is 1.94 bits per heavy atom. The van der Waals surface area contributed by atoms with Crippen LogP contribution in [0.3, 0.4) is 0 Å². The SMILES string of the molecule is CSc1cc(C)ccc1-c1ncc(C(=O)O)cn1. The summed E-state index contributed by atoms with van der Waals surface area (Å²) in [5.41, 5.74) is 2.19. The summed E-state index contributed by atoms with van der Waals surface area (Å²) in [6, 6.07) is 6.01. The molecule has 1 heterocycles. The van der Waals surface area contributed by atoms with Gasteiger partial charge in [0, 0.05) is 22.9 Å². The van der Waals surface area contributed by atoms with Crippen molar-refractivity contribution in [1.82, 2.24) is 9.97 Å². The number of aryl methyl sites for hydroxylation is 1. The molecule has 2 aromatic rings. The van der Waals surface area contributed by atoms with Crippen molar-refractivity contribution in [2.75, 3.05) is 6.26 Å². The lowest BCUT2D eigenvalue weighted by molar-refractivity contribution is 0.0696. The van der Waals surface area contributed by atoms with Gasteiger partial charge in [0.05, 0.1) is 5.56 Å². The van der Waals surface area contributed by atoms with Gasteiger partial charge in [-0.05, 0) is 30.9 Å². The third kappa shape index (κ3) is 2.51. The molecule has 1 aromatic heterocycles. The highest BCUT2D eigenvalue weighted by molar-refractivity contribution is 7.98. The van der Waals surface area contributed by atoms with Gasteiger partial charge in [0.15, 0.2) is 5.82 Å². The highest BCUT2D eigenvalue weighted by Gasteiger charge is 2.09. The monoisotopic (exact) mass is 260 g/mol. The normalized spacial score (nSPS) is 10.3. The molecule has 0 aliphatic rings. The van der Waals surface area contributed by atoms with Gasteiger partial charge in [0.2, 0.25) is 0 Å². The molecule has 0 unspecified atom stereocenters. The minimum Gasteiger partial charge on any atom is -0.478 e. The van der Waals surface area contributed by atoms with E-state index >= 15 is 0 Å². The molecular formula is C13H12N2O2S. The lowest BCUT2D eigenvalue weighted by Gasteiger charge is -2.07. The van der Waals surface area contributed by atoms with Crippen molar-refractivity contribution >= 4 is 17.7 Å². The number of aromatic nitrogens is 2. The van der Waals surface area contributed by atoms with Crippen LogP contribution < -0.4 is 0 Å². The first-order chi connectivity index (χ1) is 8.61. The number of hydrogen-bond donors (Lipinski definition) is 1. The zero-order valence-corrected chi connectivity index (χ0v) is 10.9. The first-order valence-electron chi connectivity index (χ1n) is 5.32. The largest absolute Gasteiger partial charge is 0.478 e. The summed E-state index contributed by atoms with van der Waals surface area (Å²) in [7, 11) is 0. The fourth-order valence-corrected chi connectivity index (χ4v) is 2.24. The van der Waals surface area contributed by atoms with Crippen LogP contribution in [0.25, 0.3) is 11.4 Å². The number of rotatable bonds is 3. The molecule has 0 saturated carbocycles. The number of aromatic carboxylic acids is 1. The van der Waals surface area contributed by atoms with Crippen molar-refractivity contribution < 1.29 is 9.90 Å². The molecule has 0 aliphatic heterocycles. The summed E-state index contributed by atoms with van der Waals surface area (Å²) in [4.78, 5) is 20.0. The molecule has 0 bridgehead atoms. The second-order valence-electron chi connectivity index (χ2n) is 3.80. The lowest BCUT2D eigenvalue weighted by atomic mass is 10.1. The fraction of sp³-hybridized carbons (Fsp3) is 0.154. The lowest BCUT2D eigenvalue weighted by Crippen LogP contribution is -2.00. The first-order valence-corrected chi connectivity index (χ1v) is 6.54. The van der Waals surface area contributed by atoms with E-state index in [-0.39, 0.29) is 5.56 Å². The first kappa shape index (κ1) is 12.6. The van der Waals surface area contributed by atoms with Crippen LogP contribution in [-0.4, -0.2) is 27.3 Å². The van der Waals surface area contributed by atoms with Gasteiger partial charge >= 0.3 is 5.97 Å². The second kappa shape index (κ2) is 5.18. The van der Waals surface area contributed by atoms with E-state index < -0.39 is 5.97 Å². The van der Waals surface area contributed by atoms with Gasteiger partial charge in [-0.3, -0.25) is 0 Å². The Bertz CT molecular complexity index is 582. The number of nitrogens with zero attached hydrogens (tertiary/aromatic N) is 2. The van der Waals surface area contributed by atoms with Gasteiger partial charge in [-0.15, -0.1) is 11.8 Å². The van der Waals surface area contributed by atoms with Crippen molar-refractivity contribution in [2.24, 2.45) is 0 Å². The Kier molecular flexibility index (Phi) is 3.62. The molecular weight excluding hydrogens is 248 g/mol. The molecule has 2 rings (SSSR count). The third-order valence-electron chi connectivity index (χ3n) is 2.50. The summed E-state index contributed by atoms with van der Waals surface area (Å²) in [6.07, 6.45) is 4.65. The minimum atomic E-state index is -1.02. The maximum Gasteiger partial charge on any atom is 0.338 e. The molecule has 4 nitrogen and oxygen atoms in total. The zero-order valence-electron chi connectivity index (χ0n) is 10.0. The molecule has 92 valence electrons. The predicted octanol–water partition coefficient (Wildman–Crippen LogP) is 2.87. The van der Waals surface area contributed by atoms with Crippen LogP contribution in [0.4, 0.5) is 0 Å². The van der Waals surface area contributed by atoms with Crippen LogP contribution in [-0.2, 0) is 0 Å². The second-order valence-corrected chi connectivity index (χ2v) is 4.65. The van der Waals surface area contributed by atoms with E-state index in [1.54, 1.807) is 11.8 Å². The summed E-state index contributed by atoms with van der Waals surface area (Å²) in [5.74, 6) is -0.472. The van der Waals surface area contributed by atoms with Crippen molar-refractivity contribution in [1.29, 1.82) is 0 Å². The standard InChI is InChI=1S/C13H12N2O2S/c1-8-3-4-10(11(5-8)18-2)12-14-6-9(7-15-12)13(16)17/h3-7H,1-2H3,(H,16,17). The molecule has 0 atom stereocenters. The Hall–Kier alpha value is -1.88. The molecule has 0 aliphatic carbocycles. The van der Waals surface area contributed by atoms with Gasteiger partial charge in [-0.1, -0.05) is 6.07 Å². The quantitative estimate of drug-likeness (QED) is 0.860. The Balaban J connectivity index is 2.45. The van der Waals surface area contributed by atoms with Crippen molar-refractivity contribution in [2.45, 2.75) is 11.8 Å². The molecule has 1 N–H and O–H groups in total. The van der Waals surface area contributed by atoms with Gasteiger partial charge in [-0.25, -0.2) is 14.8 Å². The number of benzene rings is 1. The highest BCUT2D eigenvalue weighted by atomic mass is 32.2. The van der Waals surface area contributed by atoms with E-state index in [1.165, 1.54) is 18.0 Å². The molecule has 18 heavy (non-hydrogen) atoms. The number of carboxylic acid groups (broad SMARTS) is 1. The zero-order chi connectivity index (χ0) is 13.1. The molecule has 0 radical (unpaired) electrons. The van der Waals surface area contributed by atoms with Crippen molar-refractivity contribution in [3.63, 3.8) is 0 Å². The van der Waals surface area contributed by atoms with Gasteiger partial charge in [0.1, 0.15) is 0 Å². The van der Waals surface area contributed by atoms with Crippen molar-refractivity contribution in [3.8, 4) is 11.4 Å². The van der Waals surface area contributed by atoms with E-state index in [0.29, 0.717) is 5.82 Å². The average molecular weight is 260 g/mol. The van der Waals surface area contributed by atoms with Gasteiger partial charge < -0.3 is 5.11 Å². The Labute approximate surface area is 109 Å². The minimum absolute atomic E-state index is 0.0940. The van der Waals surface area contributed by atoms with E-state index in [1.807, 2.05) is 25.3 Å². The third-order valence-corrected chi connectivity index (χ3v) is 3.27. The summed E-state index contributed by atoms with van der Waals surface area (Å²) >= 11 is 1.62. The molecule has 0 fully saturated rings. The fourth-order valence-electron chi connectivity index (χ4n) is 1.56. The number of carbonyl (C=O) groups is 1. The predicted molar refractivity (Wildman–Crippen MR) is 70.9 cm³/mol. The molecule has 0 saturated heterocycles. The number of thioether (sulfide) groups is 1.